The van der Waals surface area contributed by atoms with Crippen LogP contribution >= 0.6 is 0 Å². The molecule has 1 N–H and O–H groups in total. The van der Waals surface area contributed by atoms with E-state index in [9.17, 15) is 5.11 Å². The molecule has 0 spiro atoms. The Hall–Kier alpha value is -0.120. The predicted molar refractivity (Wildman–Crippen MR) is 73.2 cm³/mol. The monoisotopic (exact) mass is 242 g/mol. The van der Waals surface area contributed by atoms with Crippen LogP contribution in [-0.4, -0.2) is 59.8 Å². The van der Waals surface area contributed by atoms with Crippen LogP contribution in [0.4, 0.5) is 0 Å². The normalized spacial score (nSPS) is 27.4. The van der Waals surface area contributed by atoms with Gasteiger partial charge in [-0.3, -0.25) is 4.90 Å². The van der Waals surface area contributed by atoms with E-state index < -0.39 is 0 Å². The molecular weight excluding hydrogens is 212 g/mol. The summed E-state index contributed by atoms with van der Waals surface area (Å²) < 4.78 is 0. The summed E-state index contributed by atoms with van der Waals surface area (Å²) in [5.41, 5.74) is 0.280. The lowest BCUT2D eigenvalue weighted by Crippen LogP contribution is -2.48. The number of rotatable bonds is 4. The van der Waals surface area contributed by atoms with Crippen LogP contribution in [0.1, 0.15) is 40.5 Å². The summed E-state index contributed by atoms with van der Waals surface area (Å²) in [5.74, 6) is 0.701. The van der Waals surface area contributed by atoms with Gasteiger partial charge in [0.15, 0.2) is 0 Å². The largest absolute Gasteiger partial charge is 0.396 e. The molecule has 1 atom stereocenters. The Balaban J connectivity index is 2.75. The lowest BCUT2D eigenvalue weighted by molar-refractivity contribution is 0.0936. The highest BCUT2D eigenvalue weighted by Gasteiger charge is 2.33. The summed E-state index contributed by atoms with van der Waals surface area (Å²) >= 11 is 0. The SMILES string of the molecule is CC(C)CN1CC(CCO)N(C)CCC1(C)C. The molecular formula is C14H30N2O. The van der Waals surface area contributed by atoms with Crippen molar-refractivity contribution in [3.63, 3.8) is 0 Å². The van der Waals surface area contributed by atoms with Gasteiger partial charge in [-0.15, -0.1) is 0 Å². The van der Waals surface area contributed by atoms with Crippen molar-refractivity contribution in [1.29, 1.82) is 0 Å². The third-order valence-corrected chi connectivity index (χ3v) is 4.03. The zero-order valence-corrected chi connectivity index (χ0v) is 12.2. The lowest BCUT2D eigenvalue weighted by Gasteiger charge is -2.39. The van der Waals surface area contributed by atoms with E-state index in [0.29, 0.717) is 18.6 Å². The molecule has 3 heteroatoms. The molecule has 0 bridgehead atoms. The molecule has 0 aromatic heterocycles. The number of aliphatic hydroxyl groups is 1. The van der Waals surface area contributed by atoms with Crippen molar-refractivity contribution >= 4 is 0 Å². The lowest BCUT2D eigenvalue weighted by atomic mass is 9.97. The van der Waals surface area contributed by atoms with Crippen LogP contribution in [0.25, 0.3) is 0 Å². The maximum absolute atomic E-state index is 9.18. The van der Waals surface area contributed by atoms with Crippen molar-refractivity contribution in [2.75, 3.05) is 33.3 Å². The smallest absolute Gasteiger partial charge is 0.0446 e. The number of hydrogen-bond donors (Lipinski definition) is 1. The summed E-state index contributed by atoms with van der Waals surface area (Å²) in [7, 11) is 2.19. The fourth-order valence-corrected chi connectivity index (χ4v) is 2.65. The Bertz CT molecular complexity index is 228. The topological polar surface area (TPSA) is 26.7 Å². The summed E-state index contributed by atoms with van der Waals surface area (Å²) in [4.78, 5) is 5.03. The molecule has 0 aromatic carbocycles. The molecule has 102 valence electrons. The molecule has 1 aliphatic rings. The summed E-state index contributed by atoms with van der Waals surface area (Å²) in [6, 6.07) is 0.500. The number of aliphatic hydroxyl groups excluding tert-OH is 1. The highest BCUT2D eigenvalue weighted by molar-refractivity contribution is 4.90. The maximum atomic E-state index is 9.18. The second-order valence-electron chi connectivity index (χ2n) is 6.51. The summed E-state index contributed by atoms with van der Waals surface area (Å²) in [5, 5.41) is 9.18. The van der Waals surface area contributed by atoms with E-state index in [1.807, 2.05) is 0 Å². The van der Waals surface area contributed by atoms with Crippen LogP contribution in [0.5, 0.6) is 0 Å². The Labute approximate surface area is 107 Å². The molecule has 3 nitrogen and oxygen atoms in total. The number of likely N-dealkylation sites (N-methyl/N-ethyl adjacent to an activating group) is 1. The molecule has 0 radical (unpaired) electrons. The molecule has 1 heterocycles. The average molecular weight is 242 g/mol. The first-order chi connectivity index (χ1) is 7.86. The van der Waals surface area contributed by atoms with Gasteiger partial charge in [0.05, 0.1) is 0 Å². The van der Waals surface area contributed by atoms with Gasteiger partial charge in [-0.25, -0.2) is 0 Å². The van der Waals surface area contributed by atoms with Crippen molar-refractivity contribution in [2.24, 2.45) is 5.92 Å². The van der Waals surface area contributed by atoms with Gasteiger partial charge in [-0.1, -0.05) is 13.8 Å². The first-order valence-electron chi connectivity index (χ1n) is 6.93. The Morgan fingerprint density at radius 2 is 2.00 bits per heavy atom. The minimum Gasteiger partial charge on any atom is -0.396 e. The fraction of sp³-hybridized carbons (Fsp3) is 1.00. The minimum absolute atomic E-state index is 0.280. The van der Waals surface area contributed by atoms with Gasteiger partial charge >= 0.3 is 0 Å². The molecule has 1 unspecified atom stereocenters. The van der Waals surface area contributed by atoms with Gasteiger partial charge in [0, 0.05) is 31.3 Å². The second kappa shape index (κ2) is 6.17. The highest BCUT2D eigenvalue weighted by atomic mass is 16.3. The zero-order chi connectivity index (χ0) is 13.1. The van der Waals surface area contributed by atoms with Crippen LogP contribution < -0.4 is 0 Å². The number of hydrogen-bond acceptors (Lipinski definition) is 3. The predicted octanol–water partition coefficient (Wildman–Crippen LogP) is 1.81. The van der Waals surface area contributed by atoms with E-state index in [-0.39, 0.29) is 5.54 Å². The molecule has 0 amide bonds. The Morgan fingerprint density at radius 1 is 1.35 bits per heavy atom. The zero-order valence-electron chi connectivity index (χ0n) is 12.2. The second-order valence-corrected chi connectivity index (χ2v) is 6.51. The minimum atomic E-state index is 0.280. The van der Waals surface area contributed by atoms with Gasteiger partial charge < -0.3 is 10.0 Å². The molecule has 17 heavy (non-hydrogen) atoms. The van der Waals surface area contributed by atoms with Crippen molar-refractivity contribution in [2.45, 2.75) is 52.1 Å². The average Bonchev–Trinajstić information content (AvgIpc) is 2.31. The maximum Gasteiger partial charge on any atom is 0.0446 e. The molecule has 0 aliphatic carbocycles. The van der Waals surface area contributed by atoms with Crippen LogP contribution in [0.15, 0.2) is 0 Å². The highest BCUT2D eigenvalue weighted by Crippen LogP contribution is 2.26. The van der Waals surface area contributed by atoms with Gasteiger partial charge in [-0.05, 0) is 46.2 Å². The van der Waals surface area contributed by atoms with Crippen LogP contribution in [0.3, 0.4) is 0 Å². The van der Waals surface area contributed by atoms with Crippen molar-refractivity contribution < 1.29 is 5.11 Å². The molecule has 0 aromatic rings. The Morgan fingerprint density at radius 3 is 2.53 bits per heavy atom. The first-order valence-corrected chi connectivity index (χ1v) is 6.93. The molecule has 0 saturated carbocycles. The quantitative estimate of drug-likeness (QED) is 0.814. The molecule has 1 saturated heterocycles. The van der Waals surface area contributed by atoms with E-state index in [1.165, 1.54) is 6.42 Å². The van der Waals surface area contributed by atoms with Gasteiger partial charge in [0.1, 0.15) is 0 Å². The van der Waals surface area contributed by atoms with Crippen LogP contribution in [0.2, 0.25) is 0 Å². The molecule has 1 rings (SSSR count). The third kappa shape index (κ3) is 4.23. The fourth-order valence-electron chi connectivity index (χ4n) is 2.65. The van der Waals surface area contributed by atoms with E-state index in [2.05, 4.69) is 44.5 Å². The Kier molecular flexibility index (Phi) is 5.42. The van der Waals surface area contributed by atoms with Gasteiger partial charge in [0.2, 0.25) is 0 Å². The van der Waals surface area contributed by atoms with Crippen LogP contribution in [-0.2, 0) is 0 Å². The van der Waals surface area contributed by atoms with E-state index >= 15 is 0 Å². The molecule has 1 fully saturated rings. The van der Waals surface area contributed by atoms with E-state index in [0.717, 1.165) is 26.1 Å². The first kappa shape index (κ1) is 14.9. The van der Waals surface area contributed by atoms with Crippen molar-refractivity contribution in [1.82, 2.24) is 9.80 Å². The third-order valence-electron chi connectivity index (χ3n) is 4.03. The summed E-state index contributed by atoms with van der Waals surface area (Å²) in [6.07, 6.45) is 2.10. The molecule has 1 aliphatic heterocycles. The summed E-state index contributed by atoms with van der Waals surface area (Å²) in [6.45, 7) is 12.9. The van der Waals surface area contributed by atoms with Crippen molar-refractivity contribution in [3.05, 3.63) is 0 Å². The van der Waals surface area contributed by atoms with Gasteiger partial charge in [0.25, 0.3) is 0 Å². The van der Waals surface area contributed by atoms with E-state index in [1.54, 1.807) is 0 Å². The van der Waals surface area contributed by atoms with Gasteiger partial charge in [-0.2, -0.15) is 0 Å². The van der Waals surface area contributed by atoms with Crippen LogP contribution in [0, 0.1) is 5.92 Å². The standard InChI is InChI=1S/C14H30N2O/c1-12(2)10-16-11-13(6-9-17)15(5)8-7-14(16,3)4/h12-13,17H,6-11H2,1-5H3. The van der Waals surface area contributed by atoms with Crippen molar-refractivity contribution in [3.8, 4) is 0 Å². The van der Waals surface area contributed by atoms with E-state index in [4.69, 9.17) is 0 Å². The number of nitrogens with zero attached hydrogens (tertiary/aromatic N) is 2.